The molecule has 1 fully saturated rings. The summed E-state index contributed by atoms with van der Waals surface area (Å²) in [4.78, 5) is 22.9. The fourth-order valence-electron chi connectivity index (χ4n) is 2.31. The second kappa shape index (κ2) is 7.20. The second-order valence-electron chi connectivity index (χ2n) is 6.06. The first-order valence-corrected chi connectivity index (χ1v) is 8.67. The maximum atomic E-state index is 12.6. The first kappa shape index (κ1) is 16.7. The molecule has 2 aromatic carbocycles. The van der Waals surface area contributed by atoms with Gasteiger partial charge in [-0.25, -0.2) is 0 Å². The summed E-state index contributed by atoms with van der Waals surface area (Å²) < 4.78 is -0.563. The van der Waals surface area contributed by atoms with Crippen LogP contribution in [0.2, 0.25) is 0 Å². The molecule has 0 aliphatic carbocycles. The van der Waals surface area contributed by atoms with E-state index in [2.05, 4.69) is 4.99 Å². The van der Waals surface area contributed by atoms with Crippen LogP contribution in [0.4, 0.5) is 0 Å². The molecule has 1 heterocycles. The van der Waals surface area contributed by atoms with Crippen LogP contribution in [-0.2, 0) is 22.8 Å². The topological polar surface area (TPSA) is 41.9 Å². The fraction of sp³-hybridized carbons (Fsp3) is 0.263. The van der Waals surface area contributed by atoms with Crippen molar-refractivity contribution in [2.75, 3.05) is 0 Å². The molecule has 124 valence electrons. The Morgan fingerprint density at radius 1 is 1.00 bits per heavy atom. The summed E-state index contributed by atoms with van der Waals surface area (Å²) in [7, 11) is 0. The predicted octanol–water partition coefficient (Wildman–Crippen LogP) is 4.03. The predicted molar refractivity (Wildman–Crippen MR) is 97.3 cm³/mol. The molecule has 0 N–H and O–H groups in total. The van der Waals surface area contributed by atoms with E-state index in [0.717, 1.165) is 11.1 Å². The van der Waals surface area contributed by atoms with Gasteiger partial charge in [-0.05, 0) is 25.0 Å². The van der Waals surface area contributed by atoms with Gasteiger partial charge in [0.1, 0.15) is 6.61 Å². The average molecular weight is 340 g/mol. The highest BCUT2D eigenvalue weighted by Crippen LogP contribution is 2.37. The van der Waals surface area contributed by atoms with Gasteiger partial charge in [0.05, 0.1) is 11.3 Å². The summed E-state index contributed by atoms with van der Waals surface area (Å²) in [6, 6.07) is 19.8. The Morgan fingerprint density at radius 3 is 2.21 bits per heavy atom. The molecule has 0 unspecified atom stereocenters. The molecule has 0 bridgehead atoms. The molecule has 0 saturated carbocycles. The van der Waals surface area contributed by atoms with Gasteiger partial charge in [0.25, 0.3) is 5.91 Å². The van der Waals surface area contributed by atoms with Crippen molar-refractivity contribution in [3.8, 4) is 0 Å². The highest BCUT2D eigenvalue weighted by atomic mass is 32.2. The zero-order valence-corrected chi connectivity index (χ0v) is 14.6. The normalized spacial score (nSPS) is 18.3. The third-order valence-corrected chi connectivity index (χ3v) is 4.82. The van der Waals surface area contributed by atoms with Crippen LogP contribution >= 0.6 is 11.8 Å². The van der Waals surface area contributed by atoms with E-state index in [0.29, 0.717) is 18.3 Å². The van der Waals surface area contributed by atoms with Crippen LogP contribution in [0.25, 0.3) is 0 Å². The van der Waals surface area contributed by atoms with Crippen molar-refractivity contribution in [1.82, 2.24) is 5.06 Å². The van der Waals surface area contributed by atoms with E-state index < -0.39 is 4.75 Å². The van der Waals surface area contributed by atoms with Crippen LogP contribution < -0.4 is 0 Å². The SMILES string of the molecule is CC1(C)SC(=NCc2ccccc2)N(OCc2ccccc2)C1=O. The maximum absolute atomic E-state index is 12.6. The lowest BCUT2D eigenvalue weighted by molar-refractivity contribution is -0.166. The molecule has 0 radical (unpaired) electrons. The summed E-state index contributed by atoms with van der Waals surface area (Å²) in [6.45, 7) is 4.65. The Bertz CT molecular complexity index is 730. The standard InChI is InChI=1S/C19H20N2O2S/c1-19(2)17(22)21(23-14-16-11-7-4-8-12-16)18(24-19)20-13-15-9-5-3-6-10-15/h3-12H,13-14H2,1-2H3. The van der Waals surface area contributed by atoms with Crippen molar-refractivity contribution in [3.05, 3.63) is 71.8 Å². The number of hydroxylamine groups is 2. The summed E-state index contributed by atoms with van der Waals surface area (Å²) in [5, 5.41) is 1.96. The zero-order chi connectivity index (χ0) is 17.0. The molecule has 0 atom stereocenters. The fourth-order valence-corrected chi connectivity index (χ4v) is 3.29. The van der Waals surface area contributed by atoms with Gasteiger partial charge in [0.2, 0.25) is 0 Å². The van der Waals surface area contributed by atoms with E-state index in [1.807, 2.05) is 74.5 Å². The Morgan fingerprint density at radius 2 is 1.58 bits per heavy atom. The summed E-state index contributed by atoms with van der Waals surface area (Å²) in [5.74, 6) is -0.0738. The van der Waals surface area contributed by atoms with Crippen molar-refractivity contribution in [1.29, 1.82) is 0 Å². The maximum Gasteiger partial charge on any atom is 0.268 e. The van der Waals surface area contributed by atoms with Crippen LogP contribution in [0.1, 0.15) is 25.0 Å². The lowest BCUT2D eigenvalue weighted by Crippen LogP contribution is -2.36. The number of amidine groups is 1. The number of rotatable bonds is 5. The minimum absolute atomic E-state index is 0.0738. The van der Waals surface area contributed by atoms with Gasteiger partial charge >= 0.3 is 0 Å². The monoisotopic (exact) mass is 340 g/mol. The molecule has 3 rings (SSSR count). The van der Waals surface area contributed by atoms with Crippen LogP contribution in [0, 0.1) is 0 Å². The molecule has 2 aromatic rings. The second-order valence-corrected chi connectivity index (χ2v) is 7.65. The number of hydrogen-bond acceptors (Lipinski definition) is 4. The Kier molecular flexibility index (Phi) is 5.02. The van der Waals surface area contributed by atoms with E-state index in [1.165, 1.54) is 16.8 Å². The first-order valence-electron chi connectivity index (χ1n) is 7.85. The van der Waals surface area contributed by atoms with Crippen LogP contribution in [0.15, 0.2) is 65.7 Å². The van der Waals surface area contributed by atoms with Gasteiger partial charge in [-0.1, -0.05) is 72.4 Å². The number of carbonyl (C=O) groups is 1. The molecule has 4 nitrogen and oxygen atoms in total. The van der Waals surface area contributed by atoms with Gasteiger partial charge in [-0.15, -0.1) is 0 Å². The quantitative estimate of drug-likeness (QED) is 0.825. The third kappa shape index (κ3) is 3.86. The average Bonchev–Trinajstić information content (AvgIpc) is 2.82. The van der Waals surface area contributed by atoms with Gasteiger partial charge in [-0.2, -0.15) is 5.06 Å². The van der Waals surface area contributed by atoms with E-state index in [1.54, 1.807) is 0 Å². The Hall–Kier alpha value is -2.11. The summed E-state index contributed by atoms with van der Waals surface area (Å²) in [5.41, 5.74) is 2.12. The van der Waals surface area contributed by atoms with E-state index in [9.17, 15) is 4.79 Å². The number of benzene rings is 2. The summed E-state index contributed by atoms with van der Waals surface area (Å²) >= 11 is 1.44. The van der Waals surface area contributed by atoms with Crippen molar-refractivity contribution < 1.29 is 9.63 Å². The zero-order valence-electron chi connectivity index (χ0n) is 13.8. The van der Waals surface area contributed by atoms with Crippen molar-refractivity contribution in [3.63, 3.8) is 0 Å². The highest BCUT2D eigenvalue weighted by Gasteiger charge is 2.45. The van der Waals surface area contributed by atoms with E-state index in [-0.39, 0.29) is 5.91 Å². The minimum Gasteiger partial charge on any atom is -0.270 e. The molecular weight excluding hydrogens is 320 g/mol. The Balaban J connectivity index is 1.74. The van der Waals surface area contributed by atoms with E-state index >= 15 is 0 Å². The molecule has 5 heteroatoms. The smallest absolute Gasteiger partial charge is 0.268 e. The number of carbonyl (C=O) groups excluding carboxylic acids is 1. The van der Waals surface area contributed by atoms with Gasteiger partial charge in [-0.3, -0.25) is 14.6 Å². The molecule has 24 heavy (non-hydrogen) atoms. The molecule has 1 aliphatic heterocycles. The molecule has 0 spiro atoms. The van der Waals surface area contributed by atoms with Crippen LogP contribution in [0.3, 0.4) is 0 Å². The van der Waals surface area contributed by atoms with Crippen LogP contribution in [-0.4, -0.2) is 20.9 Å². The van der Waals surface area contributed by atoms with Gasteiger partial charge in [0.15, 0.2) is 5.17 Å². The Labute approximate surface area is 146 Å². The van der Waals surface area contributed by atoms with Crippen molar-refractivity contribution >= 4 is 22.8 Å². The lowest BCUT2D eigenvalue weighted by Gasteiger charge is -2.17. The first-order chi connectivity index (χ1) is 11.6. The molecule has 0 aromatic heterocycles. The molecule has 1 aliphatic rings. The van der Waals surface area contributed by atoms with E-state index in [4.69, 9.17) is 4.84 Å². The number of hydrogen-bond donors (Lipinski definition) is 0. The molecule has 1 amide bonds. The van der Waals surface area contributed by atoms with Crippen LogP contribution in [0.5, 0.6) is 0 Å². The molecule has 1 saturated heterocycles. The van der Waals surface area contributed by atoms with Gasteiger partial charge < -0.3 is 0 Å². The van der Waals surface area contributed by atoms with Crippen molar-refractivity contribution in [2.24, 2.45) is 4.99 Å². The number of aliphatic imine (C=N–C) groups is 1. The lowest BCUT2D eigenvalue weighted by atomic mass is 10.2. The number of amides is 1. The number of thioether (sulfide) groups is 1. The van der Waals surface area contributed by atoms with Gasteiger partial charge in [0, 0.05) is 0 Å². The highest BCUT2D eigenvalue weighted by molar-refractivity contribution is 8.16. The minimum atomic E-state index is -0.563. The summed E-state index contributed by atoms with van der Waals surface area (Å²) in [6.07, 6.45) is 0. The molecular formula is C19H20N2O2S. The third-order valence-electron chi connectivity index (χ3n) is 3.66. The largest absolute Gasteiger partial charge is 0.270 e. The number of nitrogens with zero attached hydrogens (tertiary/aromatic N) is 2. The van der Waals surface area contributed by atoms with Crippen molar-refractivity contribution in [2.45, 2.75) is 31.7 Å².